The maximum atomic E-state index is 14.3. The van der Waals surface area contributed by atoms with Gasteiger partial charge in [0, 0.05) is 23.1 Å². The van der Waals surface area contributed by atoms with E-state index in [-0.39, 0.29) is 12.1 Å². The lowest BCUT2D eigenvalue weighted by atomic mass is 10.1. The van der Waals surface area contributed by atoms with Gasteiger partial charge in [-0.25, -0.2) is 12.8 Å². The van der Waals surface area contributed by atoms with Crippen molar-refractivity contribution in [2.24, 2.45) is 0 Å². The predicted octanol–water partition coefficient (Wildman–Crippen LogP) is 3.61. The van der Waals surface area contributed by atoms with Crippen LogP contribution in [0.5, 0.6) is 0 Å². The number of halogens is 2. The van der Waals surface area contributed by atoms with Crippen molar-refractivity contribution in [3.8, 4) is 0 Å². The fourth-order valence-electron chi connectivity index (χ4n) is 3.19. The molecule has 0 saturated carbocycles. The highest BCUT2D eigenvalue weighted by atomic mass is 79.9. The average molecular weight is 542 g/mol. The molecule has 0 radical (unpaired) electrons. The van der Waals surface area contributed by atoms with Crippen LogP contribution < -0.4 is 9.62 Å². The minimum absolute atomic E-state index is 0.177. The second kappa shape index (κ2) is 11.6. The van der Waals surface area contributed by atoms with E-state index in [9.17, 15) is 22.4 Å². The third kappa shape index (κ3) is 7.26. The molecular formula is C23H29BrFN3O4S. The first-order chi connectivity index (χ1) is 15.5. The Morgan fingerprint density at radius 2 is 1.85 bits per heavy atom. The molecule has 0 aliphatic carbocycles. The van der Waals surface area contributed by atoms with Gasteiger partial charge in [-0.05, 0) is 50.1 Å². The predicted molar refractivity (Wildman–Crippen MR) is 131 cm³/mol. The summed E-state index contributed by atoms with van der Waals surface area (Å²) < 4.78 is 41.2. The Hall–Kier alpha value is -2.46. The molecule has 0 unspecified atom stereocenters. The Morgan fingerprint density at radius 3 is 2.42 bits per heavy atom. The van der Waals surface area contributed by atoms with Crippen molar-refractivity contribution in [2.45, 2.75) is 39.8 Å². The lowest BCUT2D eigenvalue weighted by molar-refractivity contribution is -0.139. The highest BCUT2D eigenvalue weighted by Gasteiger charge is 2.30. The first-order valence-corrected chi connectivity index (χ1v) is 13.1. The number of aryl methyl sites for hydroxylation is 1. The summed E-state index contributed by atoms with van der Waals surface area (Å²) in [5.41, 5.74) is 1.34. The number of hydrogen-bond acceptors (Lipinski definition) is 4. The van der Waals surface area contributed by atoms with Crippen LogP contribution in [-0.2, 0) is 26.2 Å². The number of carbonyl (C=O) groups is 2. The first-order valence-electron chi connectivity index (χ1n) is 10.5. The standard InChI is InChI=1S/C23H29BrFN3O4S/c1-5-12-26-23(30)17(3)27(14-18-8-6-7-9-21(18)25)22(29)15-28(33(4,31)32)19-10-11-20(24)16(2)13-19/h6-11,13,17H,5,12,14-15H2,1-4H3,(H,26,30)/t17-/m0/s1. The van der Waals surface area contributed by atoms with E-state index in [4.69, 9.17) is 0 Å². The van der Waals surface area contributed by atoms with Crippen LogP contribution in [0.2, 0.25) is 0 Å². The molecule has 2 amide bonds. The molecule has 2 aromatic rings. The Kier molecular flexibility index (Phi) is 9.42. The van der Waals surface area contributed by atoms with Crippen LogP contribution in [0.25, 0.3) is 0 Å². The molecule has 1 atom stereocenters. The van der Waals surface area contributed by atoms with Gasteiger partial charge in [0.2, 0.25) is 21.8 Å². The Morgan fingerprint density at radius 1 is 1.18 bits per heavy atom. The normalized spacial score (nSPS) is 12.2. The molecule has 0 aliphatic rings. The van der Waals surface area contributed by atoms with Crippen molar-refractivity contribution in [3.63, 3.8) is 0 Å². The van der Waals surface area contributed by atoms with Crippen molar-refractivity contribution >= 4 is 43.5 Å². The number of sulfonamides is 1. The van der Waals surface area contributed by atoms with E-state index in [1.54, 1.807) is 31.2 Å². The molecule has 0 aromatic heterocycles. The van der Waals surface area contributed by atoms with E-state index >= 15 is 0 Å². The fourth-order valence-corrected chi connectivity index (χ4v) is 4.27. The molecule has 180 valence electrons. The zero-order valence-corrected chi connectivity index (χ0v) is 21.5. The molecule has 33 heavy (non-hydrogen) atoms. The molecule has 10 heteroatoms. The van der Waals surface area contributed by atoms with E-state index < -0.39 is 40.2 Å². The van der Waals surface area contributed by atoms with Gasteiger partial charge in [0.15, 0.2) is 0 Å². The molecule has 2 rings (SSSR count). The number of nitrogens with zero attached hydrogens (tertiary/aromatic N) is 2. The Bertz CT molecular complexity index is 1110. The molecule has 0 heterocycles. The maximum Gasteiger partial charge on any atom is 0.244 e. The van der Waals surface area contributed by atoms with Gasteiger partial charge in [-0.15, -0.1) is 0 Å². The molecule has 7 nitrogen and oxygen atoms in total. The van der Waals surface area contributed by atoms with Crippen molar-refractivity contribution in [2.75, 3.05) is 23.7 Å². The van der Waals surface area contributed by atoms with Gasteiger partial charge in [0.25, 0.3) is 0 Å². The summed E-state index contributed by atoms with van der Waals surface area (Å²) in [6.07, 6.45) is 1.72. The zero-order chi connectivity index (χ0) is 24.8. The lowest BCUT2D eigenvalue weighted by Crippen LogP contribution is -2.51. The molecular weight excluding hydrogens is 513 g/mol. The van der Waals surface area contributed by atoms with Crippen molar-refractivity contribution in [3.05, 3.63) is 63.9 Å². The number of carbonyl (C=O) groups excluding carboxylic acids is 2. The van der Waals surface area contributed by atoms with E-state index in [2.05, 4.69) is 21.2 Å². The highest BCUT2D eigenvalue weighted by Crippen LogP contribution is 2.25. The maximum absolute atomic E-state index is 14.3. The minimum Gasteiger partial charge on any atom is -0.354 e. The number of amides is 2. The van der Waals surface area contributed by atoms with Gasteiger partial charge in [0.1, 0.15) is 18.4 Å². The summed E-state index contributed by atoms with van der Waals surface area (Å²) in [5.74, 6) is -1.53. The third-order valence-corrected chi connectivity index (χ3v) is 7.15. The van der Waals surface area contributed by atoms with Crippen LogP contribution in [-0.4, -0.2) is 50.5 Å². The summed E-state index contributed by atoms with van der Waals surface area (Å²) in [6, 6.07) is 9.97. The van der Waals surface area contributed by atoms with Crippen LogP contribution in [0.3, 0.4) is 0 Å². The van der Waals surface area contributed by atoms with Gasteiger partial charge < -0.3 is 10.2 Å². The quantitative estimate of drug-likeness (QED) is 0.497. The number of anilines is 1. The topological polar surface area (TPSA) is 86.8 Å². The second-order valence-electron chi connectivity index (χ2n) is 7.78. The van der Waals surface area contributed by atoms with Crippen LogP contribution in [0, 0.1) is 12.7 Å². The molecule has 0 saturated heterocycles. The Balaban J connectivity index is 2.40. The summed E-state index contributed by atoms with van der Waals surface area (Å²) >= 11 is 3.38. The number of hydrogen-bond donors (Lipinski definition) is 1. The van der Waals surface area contributed by atoms with E-state index in [1.165, 1.54) is 30.0 Å². The van der Waals surface area contributed by atoms with Crippen LogP contribution >= 0.6 is 15.9 Å². The molecule has 0 bridgehead atoms. The van der Waals surface area contributed by atoms with Crippen LogP contribution in [0.15, 0.2) is 46.9 Å². The Labute approximate surface area is 203 Å². The fraction of sp³-hybridized carbons (Fsp3) is 0.391. The summed E-state index contributed by atoms with van der Waals surface area (Å²) in [5, 5.41) is 2.73. The summed E-state index contributed by atoms with van der Waals surface area (Å²) in [7, 11) is -3.82. The van der Waals surface area contributed by atoms with Gasteiger partial charge in [0.05, 0.1) is 11.9 Å². The second-order valence-corrected chi connectivity index (χ2v) is 10.5. The first kappa shape index (κ1) is 26.8. The third-order valence-electron chi connectivity index (χ3n) is 5.12. The van der Waals surface area contributed by atoms with Crippen molar-refractivity contribution in [1.82, 2.24) is 10.2 Å². The molecule has 0 fully saturated rings. The summed E-state index contributed by atoms with van der Waals surface area (Å²) in [6.45, 7) is 4.97. The van der Waals surface area contributed by atoms with Gasteiger partial charge in [-0.2, -0.15) is 0 Å². The molecule has 2 aromatic carbocycles. The van der Waals surface area contributed by atoms with E-state index in [1.807, 2.05) is 6.92 Å². The molecule has 0 aliphatic heterocycles. The van der Waals surface area contributed by atoms with Gasteiger partial charge >= 0.3 is 0 Å². The number of rotatable bonds is 10. The SMILES string of the molecule is CCCNC(=O)[C@H](C)N(Cc1ccccc1F)C(=O)CN(c1ccc(Br)c(C)c1)S(C)(=O)=O. The molecule has 0 spiro atoms. The van der Waals surface area contributed by atoms with E-state index in [0.717, 1.165) is 20.6 Å². The van der Waals surface area contributed by atoms with Gasteiger partial charge in [-0.3, -0.25) is 13.9 Å². The minimum atomic E-state index is -3.82. The van der Waals surface area contributed by atoms with Crippen molar-refractivity contribution < 1.29 is 22.4 Å². The highest BCUT2D eigenvalue weighted by molar-refractivity contribution is 9.10. The van der Waals surface area contributed by atoms with Crippen LogP contribution in [0.1, 0.15) is 31.4 Å². The lowest BCUT2D eigenvalue weighted by Gasteiger charge is -2.31. The summed E-state index contributed by atoms with van der Waals surface area (Å²) in [4.78, 5) is 27.2. The number of nitrogens with one attached hydrogen (secondary N) is 1. The zero-order valence-electron chi connectivity index (χ0n) is 19.1. The largest absolute Gasteiger partial charge is 0.354 e. The van der Waals surface area contributed by atoms with Gasteiger partial charge in [-0.1, -0.05) is 41.1 Å². The smallest absolute Gasteiger partial charge is 0.244 e. The monoisotopic (exact) mass is 541 g/mol. The average Bonchev–Trinajstić information content (AvgIpc) is 2.75. The van der Waals surface area contributed by atoms with Crippen molar-refractivity contribution in [1.29, 1.82) is 0 Å². The van der Waals surface area contributed by atoms with E-state index in [0.29, 0.717) is 18.7 Å². The molecule has 1 N–H and O–H groups in total. The van der Waals surface area contributed by atoms with Crippen LogP contribution in [0.4, 0.5) is 10.1 Å². The number of benzene rings is 2.